The Kier molecular flexibility index (Phi) is 24.4. The second-order valence-corrected chi connectivity index (χ2v) is 17.0. The van der Waals surface area contributed by atoms with Crippen LogP contribution in [-0.4, -0.2) is 119 Å². The molecule has 2 heterocycles. The summed E-state index contributed by atoms with van der Waals surface area (Å²) in [6.07, 6.45) is 8.69. The maximum atomic E-state index is 13.9. The molecule has 2 N–H and O–H groups in total. The zero-order valence-electron chi connectivity index (χ0n) is 37.5. The van der Waals surface area contributed by atoms with Crippen LogP contribution in [0.25, 0.3) is 0 Å². The Morgan fingerprint density at radius 3 is 1.79 bits per heavy atom. The molecule has 0 spiro atoms. The second kappa shape index (κ2) is 28.8. The van der Waals surface area contributed by atoms with Crippen LogP contribution in [0, 0.1) is 5.92 Å². The number of nitrogens with zero attached hydrogens (tertiary/aromatic N) is 1. The molecule has 15 heteroatoms. The number of methoxy groups -OCH3 is 2. The van der Waals surface area contributed by atoms with Crippen molar-refractivity contribution in [2.45, 2.75) is 141 Å². The molecule has 5 rings (SSSR count). The van der Waals surface area contributed by atoms with Crippen molar-refractivity contribution in [3.8, 4) is 0 Å². The van der Waals surface area contributed by atoms with Crippen molar-refractivity contribution in [1.82, 2.24) is 15.5 Å². The van der Waals surface area contributed by atoms with Gasteiger partial charge < -0.3 is 48.7 Å². The van der Waals surface area contributed by atoms with Crippen LogP contribution in [0.2, 0.25) is 0 Å². The third kappa shape index (κ3) is 19.3. The van der Waals surface area contributed by atoms with E-state index in [0.717, 1.165) is 70.0 Å². The van der Waals surface area contributed by atoms with Crippen LogP contribution in [0.15, 0.2) is 60.7 Å². The minimum Gasteiger partial charge on any atom is -0.468 e. The van der Waals surface area contributed by atoms with E-state index in [1.165, 1.54) is 24.7 Å². The van der Waals surface area contributed by atoms with Gasteiger partial charge in [-0.25, -0.2) is 9.59 Å². The minimum absolute atomic E-state index is 0. The quantitative estimate of drug-likeness (QED) is 0.0757. The SMILES string of the molecule is COC(=O)[C@@H]1C[C@@H](OCCCCOCc2ccccc2)CN1.COC(=O)[C@@H]1C[C@@H](OCCCCOCc2ccccc2)CN1C(=O)[C@@H](NC(=O)OC(C)(C)C)C1CCCCC1.Cl. The molecule has 2 saturated heterocycles. The van der Waals surface area contributed by atoms with Gasteiger partial charge in [0.2, 0.25) is 5.91 Å². The molecule has 62 heavy (non-hydrogen) atoms. The summed E-state index contributed by atoms with van der Waals surface area (Å²) in [6.45, 7) is 10.2. The number of hydrogen-bond donors (Lipinski definition) is 2. The summed E-state index contributed by atoms with van der Waals surface area (Å²) in [6, 6.07) is 18.5. The molecule has 1 aliphatic carbocycles. The molecular weight excluding hydrogens is 818 g/mol. The molecule has 14 nitrogen and oxygen atoms in total. The molecule has 348 valence electrons. The predicted octanol–water partition coefficient (Wildman–Crippen LogP) is 6.94. The maximum Gasteiger partial charge on any atom is 0.408 e. The number of likely N-dealkylation sites (tertiary alicyclic amines) is 1. The molecule has 2 aromatic carbocycles. The van der Waals surface area contributed by atoms with Crippen molar-refractivity contribution in [3.63, 3.8) is 0 Å². The standard InChI is InChI=1S/C30H46N2O7.C17H25NO4.ClH/c1-30(2,3)39-29(35)31-26(23-15-9-6-10-16-23)27(33)32-20-24(19-25(32)28(34)36-4)38-18-12-11-17-37-21-22-13-7-5-8-14-22;1-20-17(19)16-11-15(12-18-16)22-10-6-5-9-21-13-14-7-3-2-4-8-14;/h5,7-8,13-14,23-26H,6,9-12,15-21H2,1-4H3,(H,31,35);2-4,7-8,15-16,18H,5-6,9-13H2,1H3;1H/t24-,25+,26+;15-,16+;/m11./s1. The van der Waals surface area contributed by atoms with E-state index in [1.807, 2.05) is 48.5 Å². The number of nitrogens with one attached hydrogen (secondary N) is 2. The van der Waals surface area contributed by atoms with Gasteiger partial charge in [0.15, 0.2) is 0 Å². The third-order valence-electron chi connectivity index (χ3n) is 11.0. The number of carbonyl (C=O) groups excluding carboxylic acids is 4. The fraction of sp³-hybridized carbons (Fsp3) is 0.660. The highest BCUT2D eigenvalue weighted by molar-refractivity contribution is 5.90. The van der Waals surface area contributed by atoms with Crippen molar-refractivity contribution in [3.05, 3.63) is 71.8 Å². The normalized spacial score (nSPS) is 20.6. The van der Waals surface area contributed by atoms with Gasteiger partial charge in [0.25, 0.3) is 0 Å². The van der Waals surface area contributed by atoms with Gasteiger partial charge >= 0.3 is 18.0 Å². The molecule has 2 amide bonds. The van der Waals surface area contributed by atoms with Gasteiger partial charge in [-0.1, -0.05) is 79.9 Å². The van der Waals surface area contributed by atoms with Crippen LogP contribution in [0.1, 0.15) is 103 Å². The van der Waals surface area contributed by atoms with Gasteiger partial charge in [0.05, 0.1) is 39.6 Å². The van der Waals surface area contributed by atoms with Crippen molar-refractivity contribution in [1.29, 1.82) is 0 Å². The molecule has 0 aromatic heterocycles. The highest BCUT2D eigenvalue weighted by Gasteiger charge is 2.45. The Balaban J connectivity index is 0.000000377. The third-order valence-corrected chi connectivity index (χ3v) is 11.0. The van der Waals surface area contributed by atoms with Crippen LogP contribution < -0.4 is 10.6 Å². The van der Waals surface area contributed by atoms with E-state index in [2.05, 4.69) is 22.8 Å². The molecule has 0 radical (unpaired) electrons. The van der Waals surface area contributed by atoms with E-state index in [4.69, 9.17) is 33.2 Å². The number of halogens is 1. The number of hydrogen-bond acceptors (Lipinski definition) is 12. The molecule has 5 atom stereocenters. The fourth-order valence-corrected chi connectivity index (χ4v) is 7.78. The number of rotatable bonds is 21. The Morgan fingerprint density at radius 1 is 0.726 bits per heavy atom. The number of ether oxygens (including phenoxy) is 7. The van der Waals surface area contributed by atoms with Gasteiger partial charge in [-0.15, -0.1) is 12.4 Å². The number of unbranched alkanes of at least 4 members (excludes halogenated alkanes) is 2. The minimum atomic E-state index is -0.757. The average Bonchev–Trinajstić information content (AvgIpc) is 3.93. The largest absolute Gasteiger partial charge is 0.468 e. The van der Waals surface area contributed by atoms with Gasteiger partial charge in [-0.2, -0.15) is 0 Å². The smallest absolute Gasteiger partial charge is 0.408 e. The number of esters is 2. The van der Waals surface area contributed by atoms with Gasteiger partial charge in [0.1, 0.15) is 23.7 Å². The summed E-state index contributed by atoms with van der Waals surface area (Å²) < 4.78 is 38.4. The molecular formula is C47H72ClN3O11. The molecule has 3 fully saturated rings. The van der Waals surface area contributed by atoms with Crippen LogP contribution in [0.4, 0.5) is 4.79 Å². The summed E-state index contributed by atoms with van der Waals surface area (Å²) in [4.78, 5) is 52.1. The Hall–Kier alpha value is -3.79. The summed E-state index contributed by atoms with van der Waals surface area (Å²) in [5.74, 6) is -0.958. The topological polar surface area (TPSA) is 160 Å². The zero-order valence-corrected chi connectivity index (χ0v) is 38.3. The fourth-order valence-electron chi connectivity index (χ4n) is 7.78. The Labute approximate surface area is 375 Å². The van der Waals surface area contributed by atoms with E-state index >= 15 is 0 Å². The molecule has 2 aromatic rings. The lowest BCUT2D eigenvalue weighted by Gasteiger charge is -2.34. The molecule has 2 aliphatic heterocycles. The van der Waals surface area contributed by atoms with E-state index in [0.29, 0.717) is 52.4 Å². The average molecular weight is 891 g/mol. The number of benzene rings is 2. The summed E-state index contributed by atoms with van der Waals surface area (Å²) in [5, 5.41) is 5.95. The molecule has 3 aliphatic rings. The first-order chi connectivity index (χ1) is 29.5. The van der Waals surface area contributed by atoms with Gasteiger partial charge in [-0.05, 0) is 76.3 Å². The number of carbonyl (C=O) groups is 4. The van der Waals surface area contributed by atoms with Gasteiger partial charge in [0, 0.05) is 52.4 Å². The summed E-state index contributed by atoms with van der Waals surface area (Å²) in [7, 11) is 2.74. The first kappa shape index (κ1) is 52.6. The van der Waals surface area contributed by atoms with Crippen molar-refractivity contribution >= 4 is 36.3 Å². The lowest BCUT2D eigenvalue weighted by molar-refractivity contribution is -0.152. The van der Waals surface area contributed by atoms with E-state index in [-0.39, 0.29) is 55.0 Å². The maximum absolute atomic E-state index is 13.9. The first-order valence-electron chi connectivity index (χ1n) is 22.1. The monoisotopic (exact) mass is 889 g/mol. The van der Waals surface area contributed by atoms with Crippen molar-refractivity contribution < 1.29 is 52.3 Å². The molecule has 1 saturated carbocycles. The molecule has 0 unspecified atom stereocenters. The van der Waals surface area contributed by atoms with Gasteiger partial charge in [-0.3, -0.25) is 9.59 Å². The Morgan fingerprint density at radius 2 is 1.26 bits per heavy atom. The zero-order chi connectivity index (χ0) is 43.9. The van der Waals surface area contributed by atoms with E-state index in [9.17, 15) is 19.2 Å². The van der Waals surface area contributed by atoms with Crippen LogP contribution >= 0.6 is 12.4 Å². The predicted molar refractivity (Wildman–Crippen MR) is 238 cm³/mol. The number of alkyl carbamates (subject to hydrolysis) is 1. The summed E-state index contributed by atoms with van der Waals surface area (Å²) in [5.41, 5.74) is 1.66. The number of amides is 2. The van der Waals surface area contributed by atoms with Crippen molar-refractivity contribution in [2.75, 3.05) is 53.7 Å². The summed E-state index contributed by atoms with van der Waals surface area (Å²) >= 11 is 0. The van der Waals surface area contributed by atoms with E-state index < -0.39 is 29.7 Å². The highest BCUT2D eigenvalue weighted by Crippen LogP contribution is 2.30. The van der Waals surface area contributed by atoms with Crippen molar-refractivity contribution in [2.24, 2.45) is 5.92 Å². The highest BCUT2D eigenvalue weighted by atomic mass is 35.5. The second-order valence-electron chi connectivity index (χ2n) is 17.0. The Bertz CT molecular complexity index is 1580. The van der Waals surface area contributed by atoms with Crippen LogP contribution in [0.3, 0.4) is 0 Å². The van der Waals surface area contributed by atoms with Crippen LogP contribution in [0.5, 0.6) is 0 Å². The lowest BCUT2D eigenvalue weighted by atomic mass is 9.83. The van der Waals surface area contributed by atoms with E-state index in [1.54, 1.807) is 20.8 Å². The molecule has 0 bridgehead atoms. The lowest BCUT2D eigenvalue weighted by Crippen LogP contribution is -2.55. The first-order valence-corrected chi connectivity index (χ1v) is 22.1. The van der Waals surface area contributed by atoms with Crippen LogP contribution in [-0.2, 0) is 60.8 Å².